The van der Waals surface area contributed by atoms with Crippen molar-refractivity contribution < 1.29 is 9.53 Å². The fourth-order valence-electron chi connectivity index (χ4n) is 1.34. The summed E-state index contributed by atoms with van der Waals surface area (Å²) in [4.78, 5) is 13.3. The van der Waals surface area contributed by atoms with Crippen molar-refractivity contribution in [3.05, 3.63) is 28.2 Å². The van der Waals surface area contributed by atoms with E-state index in [1.54, 1.807) is 18.2 Å². The average Bonchev–Trinajstić information content (AvgIpc) is 2.38. The van der Waals surface area contributed by atoms with Crippen LogP contribution in [0, 0.1) is 22.7 Å². The van der Waals surface area contributed by atoms with Gasteiger partial charge in [-0.25, -0.2) is 0 Å². The molecule has 0 unspecified atom stereocenters. The molecule has 0 aliphatic rings. The SMILES string of the molecule is COc1ccc(Br)c(C(=O)N(CC#N)CC#N)c1. The largest absolute Gasteiger partial charge is 0.497 e. The van der Waals surface area contributed by atoms with Crippen LogP contribution in [-0.4, -0.2) is 31.0 Å². The number of benzene rings is 1. The Morgan fingerprint density at radius 1 is 1.39 bits per heavy atom. The minimum absolute atomic E-state index is 0.129. The molecule has 18 heavy (non-hydrogen) atoms. The van der Waals surface area contributed by atoms with Gasteiger partial charge in [0.25, 0.3) is 5.91 Å². The van der Waals surface area contributed by atoms with Crippen LogP contribution in [0.3, 0.4) is 0 Å². The fourth-order valence-corrected chi connectivity index (χ4v) is 1.75. The average molecular weight is 308 g/mol. The van der Waals surface area contributed by atoms with Gasteiger partial charge in [0.15, 0.2) is 0 Å². The number of rotatable bonds is 4. The lowest BCUT2D eigenvalue weighted by Gasteiger charge is -2.17. The van der Waals surface area contributed by atoms with E-state index >= 15 is 0 Å². The van der Waals surface area contributed by atoms with Crippen LogP contribution in [0.15, 0.2) is 22.7 Å². The highest BCUT2D eigenvalue weighted by Crippen LogP contribution is 2.23. The summed E-state index contributed by atoms with van der Waals surface area (Å²) in [5.41, 5.74) is 0.361. The zero-order valence-electron chi connectivity index (χ0n) is 9.68. The van der Waals surface area contributed by atoms with E-state index in [1.807, 2.05) is 12.1 Å². The number of amides is 1. The van der Waals surface area contributed by atoms with Gasteiger partial charge in [-0.2, -0.15) is 10.5 Å². The van der Waals surface area contributed by atoms with Crippen molar-refractivity contribution in [3.8, 4) is 17.9 Å². The van der Waals surface area contributed by atoms with Crippen LogP contribution in [0.5, 0.6) is 5.75 Å². The first-order valence-corrected chi connectivity index (χ1v) is 5.80. The Morgan fingerprint density at radius 2 is 2.00 bits per heavy atom. The lowest BCUT2D eigenvalue weighted by molar-refractivity contribution is 0.0793. The second kappa shape index (κ2) is 6.63. The number of nitriles is 2. The number of halogens is 1. The van der Waals surface area contributed by atoms with Crippen molar-refractivity contribution in [2.24, 2.45) is 0 Å². The van der Waals surface area contributed by atoms with Gasteiger partial charge in [-0.3, -0.25) is 4.79 Å². The van der Waals surface area contributed by atoms with Crippen molar-refractivity contribution in [2.75, 3.05) is 20.2 Å². The predicted octanol–water partition coefficient (Wildman–Crippen LogP) is 1.95. The Hall–Kier alpha value is -2.05. The highest BCUT2D eigenvalue weighted by molar-refractivity contribution is 9.10. The first-order chi connectivity index (χ1) is 8.63. The van der Waals surface area contributed by atoms with Gasteiger partial charge in [-0.05, 0) is 34.1 Å². The highest BCUT2D eigenvalue weighted by atomic mass is 79.9. The number of hydrogen-bond acceptors (Lipinski definition) is 4. The maximum atomic E-state index is 12.2. The molecule has 0 aliphatic heterocycles. The Bertz CT molecular complexity index is 515. The standard InChI is InChI=1S/C12H10BrN3O2/c1-18-9-2-3-11(13)10(8-9)12(17)16(6-4-14)7-5-15/h2-3,8H,6-7H2,1H3. The fraction of sp³-hybridized carbons (Fsp3) is 0.250. The van der Waals surface area contributed by atoms with Gasteiger partial charge in [0, 0.05) is 4.47 Å². The van der Waals surface area contributed by atoms with Crippen molar-refractivity contribution in [1.82, 2.24) is 4.90 Å². The van der Waals surface area contributed by atoms with E-state index in [0.29, 0.717) is 15.8 Å². The van der Waals surface area contributed by atoms with Crippen molar-refractivity contribution >= 4 is 21.8 Å². The van der Waals surface area contributed by atoms with Gasteiger partial charge in [0.1, 0.15) is 18.8 Å². The molecule has 1 aromatic rings. The third kappa shape index (κ3) is 3.22. The molecule has 0 saturated heterocycles. The van der Waals surface area contributed by atoms with Crippen LogP contribution in [0.4, 0.5) is 0 Å². The summed E-state index contributed by atoms with van der Waals surface area (Å²) in [5.74, 6) is 0.152. The van der Waals surface area contributed by atoms with Gasteiger partial charge < -0.3 is 9.64 Å². The molecule has 5 nitrogen and oxygen atoms in total. The van der Waals surface area contributed by atoms with E-state index in [0.717, 1.165) is 0 Å². The van der Waals surface area contributed by atoms with Crippen molar-refractivity contribution in [1.29, 1.82) is 10.5 Å². The first kappa shape index (κ1) is 14.0. The van der Waals surface area contributed by atoms with Crippen LogP contribution in [-0.2, 0) is 0 Å². The molecule has 0 saturated carbocycles. The second-order valence-corrected chi connectivity index (χ2v) is 4.18. The molecule has 0 spiro atoms. The summed E-state index contributed by atoms with van der Waals surface area (Å²) in [7, 11) is 1.50. The lowest BCUT2D eigenvalue weighted by atomic mass is 10.2. The summed E-state index contributed by atoms with van der Waals surface area (Å²) >= 11 is 3.26. The van der Waals surface area contributed by atoms with Gasteiger partial charge in [-0.15, -0.1) is 0 Å². The summed E-state index contributed by atoms with van der Waals surface area (Å²) in [5, 5.41) is 17.3. The molecule has 1 amide bonds. The van der Waals surface area contributed by atoms with E-state index in [4.69, 9.17) is 15.3 Å². The molecule has 0 atom stereocenters. The Kier molecular flexibility index (Phi) is 5.16. The number of nitrogens with zero attached hydrogens (tertiary/aromatic N) is 3. The van der Waals surface area contributed by atoms with Crippen LogP contribution in [0.1, 0.15) is 10.4 Å². The smallest absolute Gasteiger partial charge is 0.256 e. The molecule has 0 bridgehead atoms. The summed E-state index contributed by atoms with van der Waals surface area (Å²) < 4.78 is 5.63. The summed E-state index contributed by atoms with van der Waals surface area (Å²) in [6, 6.07) is 8.67. The lowest BCUT2D eigenvalue weighted by Crippen LogP contribution is -2.32. The van der Waals surface area contributed by atoms with Crippen LogP contribution in [0.25, 0.3) is 0 Å². The molecule has 1 aromatic carbocycles. The number of methoxy groups -OCH3 is 1. The molecule has 92 valence electrons. The monoisotopic (exact) mass is 307 g/mol. The molecule has 0 aromatic heterocycles. The van der Waals surface area contributed by atoms with Crippen LogP contribution in [0.2, 0.25) is 0 Å². The van der Waals surface area contributed by atoms with Gasteiger partial charge in [-0.1, -0.05) is 0 Å². The first-order valence-electron chi connectivity index (χ1n) is 5.00. The van der Waals surface area contributed by atoms with Gasteiger partial charge in [0.05, 0.1) is 24.8 Å². The number of carbonyl (C=O) groups excluding carboxylic acids is 1. The maximum absolute atomic E-state index is 12.2. The quantitative estimate of drug-likeness (QED) is 0.797. The molecular weight excluding hydrogens is 298 g/mol. The number of carbonyl (C=O) groups is 1. The second-order valence-electron chi connectivity index (χ2n) is 3.32. The third-order valence-corrected chi connectivity index (χ3v) is 2.91. The van der Waals surface area contributed by atoms with E-state index in [1.165, 1.54) is 12.0 Å². The number of ether oxygens (including phenoxy) is 1. The Balaban J connectivity index is 3.08. The molecule has 1 rings (SSSR count). The van der Waals surface area contributed by atoms with Crippen molar-refractivity contribution in [3.63, 3.8) is 0 Å². The molecular formula is C12H10BrN3O2. The molecule has 0 heterocycles. The van der Waals surface area contributed by atoms with E-state index in [2.05, 4.69) is 15.9 Å². The van der Waals surface area contributed by atoms with E-state index in [9.17, 15) is 4.79 Å². The van der Waals surface area contributed by atoms with Crippen LogP contribution < -0.4 is 4.74 Å². The molecule has 0 N–H and O–H groups in total. The molecule has 0 radical (unpaired) electrons. The molecule has 6 heteroatoms. The Labute approximate surface area is 113 Å². The minimum atomic E-state index is -0.385. The summed E-state index contributed by atoms with van der Waals surface area (Å²) in [6.45, 7) is -0.258. The molecule has 0 fully saturated rings. The summed E-state index contributed by atoms with van der Waals surface area (Å²) in [6.07, 6.45) is 0. The topological polar surface area (TPSA) is 77.1 Å². The van der Waals surface area contributed by atoms with Gasteiger partial charge in [0.2, 0.25) is 0 Å². The maximum Gasteiger partial charge on any atom is 0.256 e. The molecule has 0 aliphatic carbocycles. The van der Waals surface area contributed by atoms with Crippen LogP contribution >= 0.6 is 15.9 Å². The van der Waals surface area contributed by atoms with E-state index < -0.39 is 0 Å². The zero-order valence-corrected chi connectivity index (χ0v) is 11.3. The van der Waals surface area contributed by atoms with E-state index in [-0.39, 0.29) is 19.0 Å². The van der Waals surface area contributed by atoms with Gasteiger partial charge >= 0.3 is 0 Å². The predicted molar refractivity (Wildman–Crippen MR) is 67.8 cm³/mol. The zero-order chi connectivity index (χ0) is 13.5. The third-order valence-electron chi connectivity index (χ3n) is 2.21. The normalized spacial score (nSPS) is 9.11. The minimum Gasteiger partial charge on any atom is -0.497 e. The highest BCUT2D eigenvalue weighted by Gasteiger charge is 2.18. The number of hydrogen-bond donors (Lipinski definition) is 0. The Morgan fingerprint density at radius 3 is 2.50 bits per heavy atom. The van der Waals surface area contributed by atoms with Crippen molar-refractivity contribution in [2.45, 2.75) is 0 Å².